The Kier molecular flexibility index (Phi) is 4.88. The van der Waals surface area contributed by atoms with Crippen molar-refractivity contribution in [1.29, 1.82) is 0 Å². The Morgan fingerprint density at radius 3 is 2.58 bits per heavy atom. The topological polar surface area (TPSA) is 59.8 Å². The van der Waals surface area contributed by atoms with Crippen LogP contribution in [0.25, 0.3) is 11.4 Å². The fourth-order valence-electron chi connectivity index (χ4n) is 4.38. The van der Waals surface area contributed by atoms with Crippen LogP contribution >= 0.6 is 34.8 Å². The third-order valence-corrected chi connectivity index (χ3v) is 6.60. The van der Waals surface area contributed by atoms with Crippen LogP contribution in [0.1, 0.15) is 38.3 Å². The Balaban J connectivity index is 1.71. The van der Waals surface area contributed by atoms with Crippen LogP contribution in [0.4, 0.5) is 5.95 Å². The third-order valence-electron chi connectivity index (χ3n) is 5.70. The molecule has 158 valence electrons. The summed E-state index contributed by atoms with van der Waals surface area (Å²) in [6.07, 6.45) is 1.20. The number of Topliss-reactive ketones (excluding diaryl/α,β-unsaturated/α-hetero) is 1. The lowest BCUT2D eigenvalue weighted by atomic mass is 9.73. The molecular weight excluding hydrogens is 455 g/mol. The monoisotopic (exact) mass is 472 g/mol. The zero-order valence-corrected chi connectivity index (χ0v) is 19.2. The zero-order chi connectivity index (χ0) is 21.9. The maximum Gasteiger partial charge on any atom is 0.226 e. The summed E-state index contributed by atoms with van der Waals surface area (Å²) in [7, 11) is 0. The number of ketones is 1. The molecule has 3 aromatic rings. The molecule has 1 N–H and O–H groups in total. The van der Waals surface area contributed by atoms with E-state index in [1.165, 1.54) is 0 Å². The van der Waals surface area contributed by atoms with Crippen molar-refractivity contribution in [3.8, 4) is 11.4 Å². The number of rotatable bonds is 2. The Labute approximate surface area is 195 Å². The zero-order valence-electron chi connectivity index (χ0n) is 16.9. The van der Waals surface area contributed by atoms with Gasteiger partial charge in [-0.3, -0.25) is 4.79 Å². The number of fused-ring (bicyclic) bond motifs is 1. The van der Waals surface area contributed by atoms with Gasteiger partial charge in [0.25, 0.3) is 0 Å². The predicted molar refractivity (Wildman–Crippen MR) is 124 cm³/mol. The number of hydrogen-bond acceptors (Lipinski definition) is 4. The van der Waals surface area contributed by atoms with Crippen LogP contribution in [0.3, 0.4) is 0 Å². The summed E-state index contributed by atoms with van der Waals surface area (Å²) >= 11 is 19.0. The third kappa shape index (κ3) is 3.55. The molecule has 0 bridgehead atoms. The van der Waals surface area contributed by atoms with E-state index in [1.807, 2.05) is 24.3 Å². The first-order valence-corrected chi connectivity index (χ1v) is 11.1. The molecular formula is C23H19Cl3N4O. The molecule has 2 heterocycles. The van der Waals surface area contributed by atoms with Crippen LogP contribution in [0.5, 0.6) is 0 Å². The Morgan fingerprint density at radius 1 is 1.06 bits per heavy atom. The van der Waals surface area contributed by atoms with Gasteiger partial charge in [0.2, 0.25) is 5.95 Å². The molecule has 0 radical (unpaired) electrons. The largest absolute Gasteiger partial charge is 0.328 e. The SMILES string of the molecule is CC1(C)CC(=O)C2=C(C1)Nc1nc(-c3ccc(Cl)cc3Cl)nn1C2c1ccccc1Cl. The molecule has 1 atom stereocenters. The summed E-state index contributed by atoms with van der Waals surface area (Å²) in [5.41, 5.74) is 2.90. The summed E-state index contributed by atoms with van der Waals surface area (Å²) in [4.78, 5) is 18.0. The van der Waals surface area contributed by atoms with Crippen molar-refractivity contribution in [3.63, 3.8) is 0 Å². The second-order valence-corrected chi connectivity index (χ2v) is 9.96. The molecule has 8 heteroatoms. The molecule has 1 aromatic heterocycles. The van der Waals surface area contributed by atoms with Crippen LogP contribution in [0, 0.1) is 5.41 Å². The first-order valence-electron chi connectivity index (χ1n) is 9.93. The average molecular weight is 474 g/mol. The minimum absolute atomic E-state index is 0.0934. The number of benzene rings is 2. The van der Waals surface area contributed by atoms with E-state index in [2.05, 4.69) is 19.2 Å². The quantitative estimate of drug-likeness (QED) is 0.457. The molecule has 0 saturated heterocycles. The molecule has 1 aliphatic carbocycles. The highest BCUT2D eigenvalue weighted by atomic mass is 35.5. The van der Waals surface area contributed by atoms with Crippen LogP contribution < -0.4 is 5.32 Å². The maximum atomic E-state index is 13.3. The lowest BCUT2D eigenvalue weighted by molar-refractivity contribution is -0.118. The molecule has 0 spiro atoms. The van der Waals surface area contributed by atoms with E-state index in [0.29, 0.717) is 44.4 Å². The van der Waals surface area contributed by atoms with Crippen molar-refractivity contribution < 1.29 is 4.79 Å². The number of carbonyl (C=O) groups excluding carboxylic acids is 1. The molecule has 31 heavy (non-hydrogen) atoms. The minimum Gasteiger partial charge on any atom is -0.328 e. The van der Waals surface area contributed by atoms with Gasteiger partial charge in [-0.15, -0.1) is 5.10 Å². The van der Waals surface area contributed by atoms with Crippen LogP contribution in [-0.4, -0.2) is 20.5 Å². The van der Waals surface area contributed by atoms with E-state index in [0.717, 1.165) is 17.7 Å². The van der Waals surface area contributed by atoms with Gasteiger partial charge in [0.15, 0.2) is 11.6 Å². The van der Waals surface area contributed by atoms with E-state index in [4.69, 9.17) is 44.9 Å². The Bertz CT molecular complexity index is 1260. The molecule has 2 aliphatic rings. The minimum atomic E-state index is -0.462. The van der Waals surface area contributed by atoms with Crippen LogP contribution in [0.2, 0.25) is 15.1 Å². The van der Waals surface area contributed by atoms with Crippen molar-refractivity contribution in [2.24, 2.45) is 5.41 Å². The number of nitrogens with one attached hydrogen (secondary N) is 1. The Morgan fingerprint density at radius 2 is 1.84 bits per heavy atom. The second-order valence-electron chi connectivity index (χ2n) is 8.71. The predicted octanol–water partition coefficient (Wildman–Crippen LogP) is 6.56. The van der Waals surface area contributed by atoms with E-state index < -0.39 is 6.04 Å². The van der Waals surface area contributed by atoms with E-state index in [-0.39, 0.29) is 11.2 Å². The average Bonchev–Trinajstić information content (AvgIpc) is 3.09. The number of halogens is 3. The molecule has 0 amide bonds. The normalized spacial score (nSPS) is 19.6. The van der Waals surface area contributed by atoms with Gasteiger partial charge in [-0.05, 0) is 36.1 Å². The van der Waals surface area contributed by atoms with Gasteiger partial charge >= 0.3 is 0 Å². The molecule has 5 rings (SSSR count). The van der Waals surface area contributed by atoms with Gasteiger partial charge in [-0.2, -0.15) is 4.98 Å². The smallest absolute Gasteiger partial charge is 0.226 e. The van der Waals surface area contributed by atoms with E-state index >= 15 is 0 Å². The summed E-state index contributed by atoms with van der Waals surface area (Å²) in [5.74, 6) is 1.10. The first kappa shape index (κ1) is 20.6. The van der Waals surface area contributed by atoms with E-state index in [9.17, 15) is 4.79 Å². The van der Waals surface area contributed by atoms with E-state index in [1.54, 1.807) is 22.9 Å². The number of anilines is 1. The lowest BCUT2D eigenvalue weighted by Crippen LogP contribution is -2.36. The highest BCUT2D eigenvalue weighted by Gasteiger charge is 2.42. The van der Waals surface area contributed by atoms with Crippen molar-refractivity contribution >= 4 is 46.5 Å². The highest BCUT2D eigenvalue weighted by molar-refractivity contribution is 6.36. The van der Waals surface area contributed by atoms with Crippen molar-refractivity contribution in [2.75, 3.05) is 5.32 Å². The van der Waals surface area contributed by atoms with Crippen LogP contribution in [0.15, 0.2) is 53.7 Å². The van der Waals surface area contributed by atoms with Crippen molar-refractivity contribution in [2.45, 2.75) is 32.7 Å². The molecule has 1 aliphatic heterocycles. The molecule has 0 saturated carbocycles. The lowest BCUT2D eigenvalue weighted by Gasteiger charge is -2.38. The fraction of sp³-hybridized carbons (Fsp3) is 0.261. The summed E-state index contributed by atoms with van der Waals surface area (Å²) < 4.78 is 1.73. The molecule has 5 nitrogen and oxygen atoms in total. The van der Waals surface area contributed by atoms with Crippen molar-refractivity contribution in [3.05, 3.63) is 74.4 Å². The Hall–Kier alpha value is -2.34. The van der Waals surface area contributed by atoms with Crippen LogP contribution in [-0.2, 0) is 4.79 Å². The van der Waals surface area contributed by atoms with Gasteiger partial charge in [0.1, 0.15) is 6.04 Å². The molecule has 1 unspecified atom stereocenters. The summed E-state index contributed by atoms with van der Waals surface area (Å²) in [6, 6.07) is 12.3. The molecule has 0 fully saturated rings. The first-order chi connectivity index (χ1) is 14.7. The number of carbonyl (C=O) groups is 1. The van der Waals surface area contributed by atoms with Gasteiger partial charge in [0.05, 0.1) is 5.02 Å². The van der Waals surface area contributed by atoms with Gasteiger partial charge in [0, 0.05) is 38.9 Å². The van der Waals surface area contributed by atoms with Gasteiger partial charge in [-0.1, -0.05) is 66.8 Å². The number of allylic oxidation sites excluding steroid dienone is 2. The summed E-state index contributed by atoms with van der Waals surface area (Å²) in [6.45, 7) is 4.19. The highest BCUT2D eigenvalue weighted by Crippen LogP contribution is 2.47. The summed E-state index contributed by atoms with van der Waals surface area (Å²) in [5, 5.41) is 9.67. The number of aromatic nitrogens is 3. The number of nitrogens with zero attached hydrogens (tertiary/aromatic N) is 3. The van der Waals surface area contributed by atoms with Crippen molar-refractivity contribution in [1.82, 2.24) is 14.8 Å². The number of hydrogen-bond donors (Lipinski definition) is 1. The van der Waals surface area contributed by atoms with Gasteiger partial charge in [-0.25, -0.2) is 4.68 Å². The standard InChI is InChI=1S/C23H19Cl3N4O/c1-23(2)10-17-19(18(31)11-23)20(13-5-3-4-6-15(13)25)30-22(27-17)28-21(29-30)14-8-7-12(24)9-16(14)26/h3-9,20H,10-11H2,1-2H3,(H,27,28,29). The molecule has 2 aromatic carbocycles. The maximum absolute atomic E-state index is 13.3. The second kappa shape index (κ2) is 7.37. The van der Waals surface area contributed by atoms with Gasteiger partial charge < -0.3 is 5.32 Å². The fourth-order valence-corrected chi connectivity index (χ4v) is 5.11.